The van der Waals surface area contributed by atoms with E-state index in [0.717, 1.165) is 22.4 Å². The zero-order chi connectivity index (χ0) is 28.0. The number of amides is 3. The van der Waals surface area contributed by atoms with Gasteiger partial charge in [0.05, 0.1) is 17.4 Å². The first-order valence-corrected chi connectivity index (χ1v) is 12.8. The number of benzene rings is 1. The molecule has 1 aliphatic rings. The maximum absolute atomic E-state index is 13.8. The third-order valence-electron chi connectivity index (χ3n) is 6.97. The summed E-state index contributed by atoms with van der Waals surface area (Å²) in [7, 11) is 4.72. The average molecular weight is 538 g/mol. The Labute approximate surface area is 227 Å². The van der Waals surface area contributed by atoms with Crippen molar-refractivity contribution in [2.75, 3.05) is 57.7 Å². The fraction of sp³-hybridized carbons (Fsp3) is 0.444. The summed E-state index contributed by atoms with van der Waals surface area (Å²) >= 11 is 0. The molecule has 4 rings (SSSR count). The second-order valence-corrected chi connectivity index (χ2v) is 9.92. The van der Waals surface area contributed by atoms with Gasteiger partial charge in [0.1, 0.15) is 23.5 Å². The fourth-order valence-corrected chi connectivity index (χ4v) is 4.61. The van der Waals surface area contributed by atoms with E-state index in [-0.39, 0.29) is 24.8 Å². The quantitative estimate of drug-likeness (QED) is 0.378. The van der Waals surface area contributed by atoms with E-state index in [0.29, 0.717) is 44.0 Å². The molecule has 1 aromatic carbocycles. The highest BCUT2D eigenvalue weighted by molar-refractivity contribution is 5.97. The number of methoxy groups -OCH3 is 1. The van der Waals surface area contributed by atoms with Crippen LogP contribution in [0.1, 0.15) is 24.8 Å². The number of aryl methyl sites for hydroxylation is 1. The summed E-state index contributed by atoms with van der Waals surface area (Å²) in [6, 6.07) is 6.69. The molecule has 0 saturated carbocycles. The molecule has 1 saturated heterocycles. The van der Waals surface area contributed by atoms with Gasteiger partial charge in [-0.1, -0.05) is 6.07 Å². The largest absolute Gasteiger partial charge is 0.414 e. The van der Waals surface area contributed by atoms with Crippen molar-refractivity contribution in [2.24, 2.45) is 5.41 Å². The Kier molecular flexibility index (Phi) is 8.65. The SMILES string of the molecule is COCCC(=O)NCC1(C(=O)Nc2cccc(OC(=O)N(C)C)c2)CCN(c2ncnc3[nH]cc(C)c23)CC1. The summed E-state index contributed by atoms with van der Waals surface area (Å²) in [5.74, 6) is 0.755. The number of hydrogen-bond donors (Lipinski definition) is 3. The maximum Gasteiger partial charge on any atom is 0.414 e. The van der Waals surface area contributed by atoms with Crippen molar-refractivity contribution in [1.82, 2.24) is 25.2 Å². The van der Waals surface area contributed by atoms with Gasteiger partial charge in [-0.05, 0) is 37.5 Å². The summed E-state index contributed by atoms with van der Waals surface area (Å²) in [5.41, 5.74) is 1.47. The monoisotopic (exact) mass is 537 g/mol. The lowest BCUT2D eigenvalue weighted by Gasteiger charge is -2.41. The number of nitrogens with zero attached hydrogens (tertiary/aromatic N) is 4. The van der Waals surface area contributed by atoms with Crippen molar-refractivity contribution >= 4 is 40.4 Å². The smallest absolute Gasteiger partial charge is 0.410 e. The van der Waals surface area contributed by atoms with E-state index in [1.807, 2.05) is 13.1 Å². The van der Waals surface area contributed by atoms with Gasteiger partial charge in [0.2, 0.25) is 11.8 Å². The van der Waals surface area contributed by atoms with Crippen LogP contribution in [0.2, 0.25) is 0 Å². The Morgan fingerprint density at radius 2 is 1.95 bits per heavy atom. The molecule has 39 heavy (non-hydrogen) atoms. The summed E-state index contributed by atoms with van der Waals surface area (Å²) in [5, 5.41) is 6.88. The molecule has 3 amide bonds. The Hall–Kier alpha value is -4.19. The number of fused-ring (bicyclic) bond motifs is 1. The van der Waals surface area contributed by atoms with E-state index >= 15 is 0 Å². The van der Waals surface area contributed by atoms with Gasteiger partial charge in [0, 0.05) is 65.2 Å². The Morgan fingerprint density at radius 1 is 1.18 bits per heavy atom. The average Bonchev–Trinajstić information content (AvgIpc) is 3.32. The number of piperidine rings is 1. The number of H-pyrrole nitrogens is 1. The molecule has 208 valence electrons. The first-order valence-electron chi connectivity index (χ1n) is 12.8. The number of hydrogen-bond acceptors (Lipinski definition) is 8. The van der Waals surface area contributed by atoms with Crippen LogP contribution in [0.3, 0.4) is 0 Å². The van der Waals surface area contributed by atoms with Crippen molar-refractivity contribution in [1.29, 1.82) is 0 Å². The molecule has 12 nitrogen and oxygen atoms in total. The molecule has 0 bridgehead atoms. The molecule has 0 spiro atoms. The standard InChI is InChI=1S/C27H35N7O5/c1-18-15-28-23-22(18)24(31-17-30-23)34-11-9-27(10-12-34,16-29-21(35)8-13-38-4)25(36)32-19-6-5-7-20(14-19)39-26(37)33(2)3/h5-7,14-15,17H,8-13,16H2,1-4H3,(H,29,35)(H,32,36)(H,28,30,31). The van der Waals surface area contributed by atoms with Gasteiger partial charge in [0.15, 0.2) is 0 Å². The number of aromatic amines is 1. The van der Waals surface area contributed by atoms with Crippen LogP contribution in [0.4, 0.5) is 16.3 Å². The number of ether oxygens (including phenoxy) is 2. The Bertz CT molecular complexity index is 1330. The zero-order valence-corrected chi connectivity index (χ0v) is 22.7. The third-order valence-corrected chi connectivity index (χ3v) is 6.97. The van der Waals surface area contributed by atoms with Crippen LogP contribution in [0, 0.1) is 12.3 Å². The molecule has 3 heterocycles. The first-order chi connectivity index (χ1) is 18.7. The molecule has 0 aliphatic carbocycles. The minimum absolute atomic E-state index is 0.176. The van der Waals surface area contributed by atoms with Crippen LogP contribution in [0.15, 0.2) is 36.8 Å². The summed E-state index contributed by atoms with van der Waals surface area (Å²) in [4.78, 5) is 53.6. The molecule has 12 heteroatoms. The molecule has 2 aromatic heterocycles. The van der Waals surface area contributed by atoms with Crippen LogP contribution in [0.25, 0.3) is 11.0 Å². The first kappa shape index (κ1) is 27.8. The van der Waals surface area contributed by atoms with E-state index < -0.39 is 11.5 Å². The van der Waals surface area contributed by atoms with Gasteiger partial charge in [-0.25, -0.2) is 14.8 Å². The lowest BCUT2D eigenvalue weighted by molar-refractivity contribution is -0.128. The Morgan fingerprint density at radius 3 is 2.67 bits per heavy atom. The molecule has 1 aliphatic heterocycles. The van der Waals surface area contributed by atoms with Gasteiger partial charge in [-0.2, -0.15) is 0 Å². The lowest BCUT2D eigenvalue weighted by Crippen LogP contribution is -2.52. The molecule has 0 unspecified atom stereocenters. The summed E-state index contributed by atoms with van der Waals surface area (Å²) < 4.78 is 10.3. The minimum Gasteiger partial charge on any atom is -0.410 e. The van der Waals surface area contributed by atoms with Crippen molar-refractivity contribution < 1.29 is 23.9 Å². The molecule has 1 fully saturated rings. The Balaban J connectivity index is 1.52. The van der Waals surface area contributed by atoms with Crippen LogP contribution in [-0.4, -0.2) is 85.2 Å². The molecule has 3 aromatic rings. The second-order valence-electron chi connectivity index (χ2n) is 9.92. The van der Waals surface area contributed by atoms with Gasteiger partial charge >= 0.3 is 6.09 Å². The van der Waals surface area contributed by atoms with Crippen LogP contribution < -0.4 is 20.3 Å². The molecule has 0 atom stereocenters. The van der Waals surface area contributed by atoms with Crippen molar-refractivity contribution in [3.63, 3.8) is 0 Å². The van der Waals surface area contributed by atoms with Gasteiger partial charge in [-0.15, -0.1) is 0 Å². The second kappa shape index (κ2) is 12.1. The van der Waals surface area contributed by atoms with Crippen molar-refractivity contribution in [2.45, 2.75) is 26.2 Å². The predicted molar refractivity (Wildman–Crippen MR) is 147 cm³/mol. The highest BCUT2D eigenvalue weighted by atomic mass is 16.6. The topological polar surface area (TPSA) is 142 Å². The van der Waals surface area contributed by atoms with Gasteiger partial charge < -0.3 is 34.9 Å². The molecule has 3 N–H and O–H groups in total. The normalized spacial score (nSPS) is 14.6. The summed E-state index contributed by atoms with van der Waals surface area (Å²) in [6.07, 6.45) is 4.13. The highest BCUT2D eigenvalue weighted by Gasteiger charge is 2.42. The number of rotatable bonds is 9. The van der Waals surface area contributed by atoms with Crippen molar-refractivity contribution in [3.05, 3.63) is 42.4 Å². The van der Waals surface area contributed by atoms with E-state index in [1.165, 1.54) is 18.3 Å². The van der Waals surface area contributed by atoms with Crippen molar-refractivity contribution in [3.8, 4) is 5.75 Å². The van der Waals surface area contributed by atoms with Gasteiger partial charge in [-0.3, -0.25) is 9.59 Å². The molecular weight excluding hydrogens is 502 g/mol. The zero-order valence-electron chi connectivity index (χ0n) is 22.7. The highest BCUT2D eigenvalue weighted by Crippen LogP contribution is 2.36. The van der Waals surface area contributed by atoms with Crippen LogP contribution in [0.5, 0.6) is 5.75 Å². The summed E-state index contributed by atoms with van der Waals surface area (Å²) in [6.45, 7) is 3.63. The van der Waals surface area contributed by atoms with Crippen LogP contribution >= 0.6 is 0 Å². The minimum atomic E-state index is -0.852. The lowest BCUT2D eigenvalue weighted by atomic mass is 9.77. The van der Waals surface area contributed by atoms with Gasteiger partial charge in [0.25, 0.3) is 0 Å². The number of nitrogens with one attached hydrogen (secondary N) is 3. The molecule has 0 radical (unpaired) electrons. The van der Waals surface area contributed by atoms with E-state index in [9.17, 15) is 14.4 Å². The maximum atomic E-state index is 13.8. The van der Waals surface area contributed by atoms with E-state index in [1.54, 1.807) is 38.4 Å². The number of aromatic nitrogens is 3. The molecular formula is C27H35N7O5. The predicted octanol–water partition coefficient (Wildman–Crippen LogP) is 2.70. The number of carbonyl (C=O) groups excluding carboxylic acids is 3. The van der Waals surface area contributed by atoms with Crippen LogP contribution in [-0.2, 0) is 14.3 Å². The third kappa shape index (κ3) is 6.45. The fourth-order valence-electron chi connectivity index (χ4n) is 4.61. The van der Waals surface area contributed by atoms with E-state index in [2.05, 4.69) is 30.5 Å². The van der Waals surface area contributed by atoms with E-state index in [4.69, 9.17) is 9.47 Å². The number of carbonyl (C=O) groups is 3. The number of anilines is 2.